The normalized spacial score (nSPS) is 12.1. The molecule has 1 aromatic carbocycles. The van der Waals surface area contributed by atoms with Crippen molar-refractivity contribution in [3.8, 4) is 0 Å². The maximum atomic E-state index is 12.3. The maximum absolute atomic E-state index is 12.3. The molecule has 0 unspecified atom stereocenters. The van der Waals surface area contributed by atoms with Crippen LogP contribution in [0.15, 0.2) is 42.6 Å². The van der Waals surface area contributed by atoms with Crippen molar-refractivity contribution in [2.75, 3.05) is 6.61 Å². The van der Waals surface area contributed by atoms with Gasteiger partial charge in [-0.15, -0.1) is 0 Å². The van der Waals surface area contributed by atoms with Gasteiger partial charge in [-0.05, 0) is 25.0 Å². The molecule has 0 aliphatic rings. The van der Waals surface area contributed by atoms with Gasteiger partial charge in [0.25, 0.3) is 5.91 Å². The zero-order valence-electron chi connectivity index (χ0n) is 11.9. The first-order chi connectivity index (χ1) is 10.1. The highest BCUT2D eigenvalue weighted by atomic mass is 35.5. The number of aromatic nitrogens is 1. The first kappa shape index (κ1) is 15.6. The minimum atomic E-state index is -0.320. The lowest BCUT2D eigenvalue weighted by atomic mass is 10.1. The van der Waals surface area contributed by atoms with Gasteiger partial charge in [-0.1, -0.05) is 41.9 Å². The molecular formula is C16H19ClN2O2. The number of halogens is 1. The molecule has 1 amide bonds. The third kappa shape index (κ3) is 4.09. The van der Waals surface area contributed by atoms with Crippen LogP contribution in [0.1, 0.15) is 23.0 Å². The van der Waals surface area contributed by atoms with Crippen molar-refractivity contribution in [2.24, 2.45) is 0 Å². The van der Waals surface area contributed by atoms with E-state index in [0.29, 0.717) is 23.7 Å². The predicted molar refractivity (Wildman–Crippen MR) is 83.6 cm³/mol. The van der Waals surface area contributed by atoms with Gasteiger partial charge in [0.05, 0.1) is 17.7 Å². The molecule has 0 radical (unpaired) electrons. The summed E-state index contributed by atoms with van der Waals surface area (Å²) < 4.78 is 1.79. The Labute approximate surface area is 129 Å². The molecule has 5 heteroatoms. The second kappa shape index (κ2) is 7.29. The summed E-state index contributed by atoms with van der Waals surface area (Å²) in [5.41, 5.74) is 1.58. The van der Waals surface area contributed by atoms with Crippen molar-refractivity contribution in [3.63, 3.8) is 0 Å². The molecule has 0 aliphatic carbocycles. The molecule has 0 spiro atoms. The number of hydrogen-bond acceptors (Lipinski definition) is 2. The predicted octanol–water partition coefficient (Wildman–Crippen LogP) is 2.49. The number of aliphatic hydroxyl groups is 1. The second-order valence-electron chi connectivity index (χ2n) is 4.87. The van der Waals surface area contributed by atoms with Crippen molar-refractivity contribution in [2.45, 2.75) is 25.9 Å². The van der Waals surface area contributed by atoms with Crippen LogP contribution < -0.4 is 5.32 Å². The Bertz CT molecular complexity index is 596. The number of aliphatic hydroxyl groups excluding tert-OH is 1. The summed E-state index contributed by atoms with van der Waals surface area (Å²) in [6.45, 7) is 2.50. The Hall–Kier alpha value is -1.78. The topological polar surface area (TPSA) is 54.3 Å². The zero-order valence-corrected chi connectivity index (χ0v) is 12.7. The van der Waals surface area contributed by atoms with Gasteiger partial charge in [-0.25, -0.2) is 0 Å². The molecule has 0 saturated carbocycles. The summed E-state index contributed by atoms with van der Waals surface area (Å²) in [5.74, 6) is -0.223. The molecule has 21 heavy (non-hydrogen) atoms. The lowest BCUT2D eigenvalue weighted by molar-refractivity contribution is 0.0907. The highest BCUT2D eigenvalue weighted by Crippen LogP contribution is 2.14. The van der Waals surface area contributed by atoms with E-state index in [9.17, 15) is 9.90 Å². The van der Waals surface area contributed by atoms with Gasteiger partial charge in [0.15, 0.2) is 0 Å². The van der Waals surface area contributed by atoms with Crippen LogP contribution in [0.25, 0.3) is 0 Å². The molecule has 112 valence electrons. The van der Waals surface area contributed by atoms with E-state index in [2.05, 4.69) is 5.32 Å². The van der Waals surface area contributed by atoms with E-state index in [0.717, 1.165) is 5.56 Å². The van der Waals surface area contributed by atoms with Gasteiger partial charge in [-0.2, -0.15) is 0 Å². The van der Waals surface area contributed by atoms with Crippen LogP contribution in [-0.2, 0) is 13.0 Å². The largest absolute Gasteiger partial charge is 0.394 e. The molecule has 0 aliphatic heterocycles. The van der Waals surface area contributed by atoms with E-state index in [-0.39, 0.29) is 18.6 Å². The number of aryl methyl sites for hydroxylation is 1. The quantitative estimate of drug-likeness (QED) is 0.861. The van der Waals surface area contributed by atoms with E-state index in [4.69, 9.17) is 11.6 Å². The molecule has 2 rings (SSSR count). The Morgan fingerprint density at radius 2 is 2.10 bits per heavy atom. The van der Waals surface area contributed by atoms with E-state index in [1.165, 1.54) is 0 Å². The Kier molecular flexibility index (Phi) is 5.42. The van der Waals surface area contributed by atoms with Crippen LogP contribution in [0.5, 0.6) is 0 Å². The van der Waals surface area contributed by atoms with Gasteiger partial charge in [0.2, 0.25) is 0 Å². The highest BCUT2D eigenvalue weighted by Gasteiger charge is 2.17. The maximum Gasteiger partial charge on any atom is 0.268 e. The minimum absolute atomic E-state index is 0.110. The average molecular weight is 307 g/mol. The monoisotopic (exact) mass is 306 g/mol. The molecule has 1 aromatic heterocycles. The third-order valence-electron chi connectivity index (χ3n) is 3.32. The summed E-state index contributed by atoms with van der Waals surface area (Å²) in [7, 11) is 0. The number of carbonyl (C=O) groups is 1. The standard InChI is InChI=1S/C16H19ClN2O2/c1-2-19-10-13(17)9-15(19)16(21)18-14(11-20)8-12-6-4-3-5-7-12/h3-7,9-10,14,20H,2,8,11H2,1H3,(H,18,21)/t14-/m0/s1. The summed E-state index contributed by atoms with van der Waals surface area (Å²) in [6.07, 6.45) is 2.31. The summed E-state index contributed by atoms with van der Waals surface area (Å²) in [4.78, 5) is 12.3. The number of rotatable bonds is 6. The van der Waals surface area contributed by atoms with Crippen molar-refractivity contribution in [3.05, 3.63) is 58.9 Å². The number of nitrogens with zero attached hydrogens (tertiary/aromatic N) is 1. The SMILES string of the molecule is CCn1cc(Cl)cc1C(=O)N[C@H](CO)Cc1ccccc1. The first-order valence-corrected chi connectivity index (χ1v) is 7.33. The van der Waals surface area contributed by atoms with Crippen LogP contribution in [-0.4, -0.2) is 28.2 Å². The summed E-state index contributed by atoms with van der Waals surface area (Å²) in [5, 5.41) is 12.9. The molecule has 4 nitrogen and oxygen atoms in total. The van der Waals surface area contributed by atoms with Crippen LogP contribution in [0.4, 0.5) is 0 Å². The molecular weight excluding hydrogens is 288 g/mol. The smallest absolute Gasteiger partial charge is 0.268 e. The lowest BCUT2D eigenvalue weighted by Gasteiger charge is -2.17. The number of amides is 1. The number of carbonyl (C=O) groups excluding carboxylic acids is 1. The zero-order chi connectivity index (χ0) is 15.2. The van der Waals surface area contributed by atoms with Gasteiger partial charge in [0.1, 0.15) is 5.69 Å². The minimum Gasteiger partial charge on any atom is -0.394 e. The molecule has 0 saturated heterocycles. The van der Waals surface area contributed by atoms with E-state index >= 15 is 0 Å². The summed E-state index contributed by atoms with van der Waals surface area (Å²) in [6, 6.07) is 11.1. The van der Waals surface area contributed by atoms with Crippen LogP contribution in [0, 0.1) is 0 Å². The van der Waals surface area contributed by atoms with Crippen molar-refractivity contribution >= 4 is 17.5 Å². The molecule has 0 fully saturated rings. The Balaban J connectivity index is 2.05. The summed E-state index contributed by atoms with van der Waals surface area (Å²) >= 11 is 5.94. The van der Waals surface area contributed by atoms with E-state index in [1.54, 1.807) is 16.8 Å². The van der Waals surface area contributed by atoms with Crippen LogP contribution in [0.3, 0.4) is 0 Å². The Morgan fingerprint density at radius 3 is 2.71 bits per heavy atom. The van der Waals surface area contributed by atoms with E-state index < -0.39 is 0 Å². The van der Waals surface area contributed by atoms with Crippen LogP contribution in [0.2, 0.25) is 5.02 Å². The average Bonchev–Trinajstić information content (AvgIpc) is 2.88. The number of hydrogen-bond donors (Lipinski definition) is 2. The van der Waals surface area contributed by atoms with Gasteiger partial charge in [0, 0.05) is 12.7 Å². The lowest BCUT2D eigenvalue weighted by Crippen LogP contribution is -2.39. The van der Waals surface area contributed by atoms with E-state index in [1.807, 2.05) is 37.3 Å². The first-order valence-electron chi connectivity index (χ1n) is 6.95. The van der Waals surface area contributed by atoms with Crippen molar-refractivity contribution < 1.29 is 9.90 Å². The molecule has 1 atom stereocenters. The van der Waals surface area contributed by atoms with Crippen molar-refractivity contribution in [1.82, 2.24) is 9.88 Å². The highest BCUT2D eigenvalue weighted by molar-refractivity contribution is 6.31. The molecule has 2 N–H and O–H groups in total. The fourth-order valence-electron chi connectivity index (χ4n) is 2.25. The van der Waals surface area contributed by atoms with Crippen molar-refractivity contribution in [1.29, 1.82) is 0 Å². The molecule has 2 aromatic rings. The third-order valence-corrected chi connectivity index (χ3v) is 3.52. The Morgan fingerprint density at radius 1 is 1.38 bits per heavy atom. The number of benzene rings is 1. The number of nitrogens with one attached hydrogen (secondary N) is 1. The fourth-order valence-corrected chi connectivity index (χ4v) is 2.47. The fraction of sp³-hybridized carbons (Fsp3) is 0.312. The molecule has 1 heterocycles. The van der Waals surface area contributed by atoms with Crippen LogP contribution >= 0.6 is 11.6 Å². The van der Waals surface area contributed by atoms with Gasteiger partial charge < -0.3 is 15.0 Å². The van der Waals surface area contributed by atoms with Gasteiger partial charge in [-0.3, -0.25) is 4.79 Å². The molecule has 0 bridgehead atoms. The van der Waals surface area contributed by atoms with Gasteiger partial charge >= 0.3 is 0 Å². The second-order valence-corrected chi connectivity index (χ2v) is 5.31.